The van der Waals surface area contributed by atoms with E-state index in [1.807, 2.05) is 24.5 Å². The van der Waals surface area contributed by atoms with E-state index in [4.69, 9.17) is 9.97 Å². The molecule has 0 bridgehead atoms. The Morgan fingerprint density at radius 3 is 2.34 bits per heavy atom. The minimum atomic E-state index is -0.899. The van der Waals surface area contributed by atoms with Gasteiger partial charge in [-0.05, 0) is 54.9 Å². The van der Waals surface area contributed by atoms with E-state index in [2.05, 4.69) is 113 Å². The molecule has 38 heavy (non-hydrogen) atoms. The fourth-order valence-corrected chi connectivity index (χ4v) is 8.07. The highest BCUT2D eigenvalue weighted by molar-refractivity contribution is 7.80. The highest BCUT2D eigenvalue weighted by Gasteiger charge is 2.23. The number of pyridine rings is 3. The molecule has 0 radical (unpaired) electrons. The number of benzene rings is 4. The van der Waals surface area contributed by atoms with Crippen LogP contribution in [0.25, 0.3) is 49.3 Å². The SMILES string of the molecule is c1ccc(P(c2ccc3ncccc3c2)c2cncc3c2c2ccccc2n2c4ccccc4nc32)cc1. The van der Waals surface area contributed by atoms with Crippen LogP contribution in [0.15, 0.2) is 128 Å². The number of imidazole rings is 1. The molecule has 1 atom stereocenters. The lowest BCUT2D eigenvalue weighted by Gasteiger charge is -2.22. The molecule has 4 aromatic carbocycles. The Morgan fingerprint density at radius 1 is 0.605 bits per heavy atom. The summed E-state index contributed by atoms with van der Waals surface area (Å²) >= 11 is 0. The number of para-hydroxylation sites is 3. The molecule has 0 spiro atoms. The quantitative estimate of drug-likeness (QED) is 0.204. The minimum absolute atomic E-state index is 0.899. The molecule has 4 aromatic heterocycles. The molecule has 0 aliphatic carbocycles. The van der Waals surface area contributed by atoms with E-state index in [0.717, 1.165) is 38.5 Å². The number of rotatable bonds is 3. The summed E-state index contributed by atoms with van der Waals surface area (Å²) < 4.78 is 2.28. The molecule has 5 heteroatoms. The predicted molar refractivity (Wildman–Crippen MR) is 160 cm³/mol. The molecule has 1 unspecified atom stereocenters. The molecular weight excluding hydrogens is 483 g/mol. The highest BCUT2D eigenvalue weighted by Crippen LogP contribution is 2.39. The number of hydrogen-bond acceptors (Lipinski definition) is 3. The van der Waals surface area contributed by atoms with E-state index in [9.17, 15) is 0 Å². The number of hydrogen-bond donors (Lipinski definition) is 0. The maximum Gasteiger partial charge on any atom is 0.147 e. The van der Waals surface area contributed by atoms with Crippen LogP contribution in [0.5, 0.6) is 0 Å². The van der Waals surface area contributed by atoms with E-state index in [1.165, 1.54) is 26.7 Å². The number of nitrogens with zero attached hydrogens (tertiary/aromatic N) is 4. The summed E-state index contributed by atoms with van der Waals surface area (Å²) in [5.74, 6) is 0. The third-order valence-corrected chi connectivity index (χ3v) is 9.67. The van der Waals surface area contributed by atoms with Crippen LogP contribution in [0.3, 0.4) is 0 Å². The molecule has 8 rings (SSSR count). The molecule has 0 saturated heterocycles. The van der Waals surface area contributed by atoms with E-state index in [0.29, 0.717) is 0 Å². The Bertz CT molecular complexity index is 2150. The van der Waals surface area contributed by atoms with Crippen molar-refractivity contribution in [1.29, 1.82) is 0 Å². The van der Waals surface area contributed by atoms with Crippen LogP contribution in [0.2, 0.25) is 0 Å². The average molecular weight is 505 g/mol. The van der Waals surface area contributed by atoms with Gasteiger partial charge in [-0.15, -0.1) is 0 Å². The van der Waals surface area contributed by atoms with E-state index >= 15 is 0 Å². The zero-order valence-electron chi connectivity index (χ0n) is 20.4. The van der Waals surface area contributed by atoms with Crippen molar-refractivity contribution in [2.75, 3.05) is 0 Å². The normalized spacial score (nSPS) is 12.6. The van der Waals surface area contributed by atoms with E-state index in [-0.39, 0.29) is 0 Å². The molecule has 0 saturated carbocycles. The van der Waals surface area contributed by atoms with Crippen molar-refractivity contribution in [2.45, 2.75) is 0 Å². The van der Waals surface area contributed by atoms with E-state index in [1.54, 1.807) is 0 Å². The van der Waals surface area contributed by atoms with Crippen molar-refractivity contribution in [2.24, 2.45) is 0 Å². The first kappa shape index (κ1) is 21.4. The van der Waals surface area contributed by atoms with Gasteiger partial charge < -0.3 is 0 Å². The van der Waals surface area contributed by atoms with Gasteiger partial charge in [0.2, 0.25) is 0 Å². The van der Waals surface area contributed by atoms with Crippen LogP contribution in [0.1, 0.15) is 0 Å². The standard InChI is InChI=1S/C33H21N4P/c1-2-10-23(11-3-1)38(24-16-17-27-22(19-24)9-8-18-35-27)31-21-34-20-26-32(31)25-12-4-6-14-29(25)37-30-15-7-5-13-28(30)36-33(26)37/h1-21H. The van der Waals surface area contributed by atoms with Gasteiger partial charge in [0.25, 0.3) is 0 Å². The Kier molecular flexibility index (Phi) is 4.76. The maximum atomic E-state index is 5.10. The van der Waals surface area contributed by atoms with Crippen LogP contribution < -0.4 is 15.9 Å². The van der Waals surface area contributed by atoms with Gasteiger partial charge in [0, 0.05) is 45.4 Å². The molecule has 4 heterocycles. The molecule has 0 N–H and O–H groups in total. The molecule has 0 fully saturated rings. The predicted octanol–water partition coefficient (Wildman–Crippen LogP) is 6.50. The third-order valence-electron chi connectivity index (χ3n) is 7.24. The zero-order chi connectivity index (χ0) is 25.1. The Morgan fingerprint density at radius 2 is 1.42 bits per heavy atom. The Labute approximate surface area is 220 Å². The van der Waals surface area contributed by atoms with Crippen LogP contribution in [-0.4, -0.2) is 19.4 Å². The van der Waals surface area contributed by atoms with Gasteiger partial charge in [0.1, 0.15) is 5.65 Å². The summed E-state index contributed by atoms with van der Waals surface area (Å²) in [5.41, 5.74) is 5.20. The lowest BCUT2D eigenvalue weighted by Crippen LogP contribution is -2.22. The number of fused-ring (bicyclic) bond motifs is 9. The van der Waals surface area contributed by atoms with Crippen molar-refractivity contribution >= 4 is 73.1 Å². The largest absolute Gasteiger partial charge is 0.292 e. The maximum absolute atomic E-state index is 5.10. The van der Waals surface area contributed by atoms with Crippen LogP contribution >= 0.6 is 7.92 Å². The molecule has 4 nitrogen and oxygen atoms in total. The van der Waals surface area contributed by atoms with Crippen LogP contribution in [-0.2, 0) is 0 Å². The van der Waals surface area contributed by atoms with Gasteiger partial charge in [0.15, 0.2) is 0 Å². The fourth-order valence-electron chi connectivity index (χ4n) is 5.61. The second-order valence-corrected chi connectivity index (χ2v) is 11.6. The zero-order valence-corrected chi connectivity index (χ0v) is 21.3. The minimum Gasteiger partial charge on any atom is -0.292 e. The molecule has 8 aromatic rings. The van der Waals surface area contributed by atoms with Gasteiger partial charge in [-0.3, -0.25) is 14.4 Å². The lowest BCUT2D eigenvalue weighted by molar-refractivity contribution is 1.30. The van der Waals surface area contributed by atoms with Gasteiger partial charge in [0.05, 0.1) is 22.1 Å². The topological polar surface area (TPSA) is 43.1 Å². The highest BCUT2D eigenvalue weighted by atomic mass is 31.1. The molecule has 178 valence electrons. The summed E-state index contributed by atoms with van der Waals surface area (Å²) in [6, 6.07) is 38.7. The van der Waals surface area contributed by atoms with Crippen molar-refractivity contribution in [3.63, 3.8) is 0 Å². The summed E-state index contributed by atoms with van der Waals surface area (Å²) in [5, 5.41) is 8.45. The van der Waals surface area contributed by atoms with Crippen LogP contribution in [0.4, 0.5) is 0 Å². The van der Waals surface area contributed by atoms with Gasteiger partial charge in [-0.1, -0.05) is 72.8 Å². The van der Waals surface area contributed by atoms with Crippen molar-refractivity contribution in [3.8, 4) is 0 Å². The first-order valence-corrected chi connectivity index (χ1v) is 14.0. The molecule has 0 amide bonds. The molecule has 0 aliphatic heterocycles. The summed E-state index contributed by atoms with van der Waals surface area (Å²) in [4.78, 5) is 14.5. The average Bonchev–Trinajstić information content (AvgIpc) is 3.38. The lowest BCUT2D eigenvalue weighted by atomic mass is 10.1. The monoisotopic (exact) mass is 504 g/mol. The first-order valence-electron chi connectivity index (χ1n) is 12.6. The molecular formula is C33H21N4P. The van der Waals surface area contributed by atoms with Crippen LogP contribution in [0, 0.1) is 0 Å². The van der Waals surface area contributed by atoms with Gasteiger partial charge in [-0.2, -0.15) is 0 Å². The summed E-state index contributed by atoms with van der Waals surface area (Å²) in [6.45, 7) is 0. The van der Waals surface area contributed by atoms with Gasteiger partial charge in [-0.25, -0.2) is 4.98 Å². The van der Waals surface area contributed by atoms with Crippen molar-refractivity contribution in [3.05, 3.63) is 128 Å². The smallest absolute Gasteiger partial charge is 0.147 e. The Hall–Kier alpha value is -4.66. The fraction of sp³-hybridized carbons (Fsp3) is 0. The van der Waals surface area contributed by atoms with Crippen molar-refractivity contribution < 1.29 is 0 Å². The second-order valence-electron chi connectivity index (χ2n) is 9.41. The van der Waals surface area contributed by atoms with Gasteiger partial charge >= 0.3 is 0 Å². The number of aromatic nitrogens is 4. The Balaban J connectivity index is 1.53. The van der Waals surface area contributed by atoms with Crippen molar-refractivity contribution in [1.82, 2.24) is 19.4 Å². The first-order chi connectivity index (χ1) is 18.9. The summed E-state index contributed by atoms with van der Waals surface area (Å²) in [6.07, 6.45) is 5.90. The molecule has 0 aliphatic rings. The third kappa shape index (κ3) is 3.17. The summed E-state index contributed by atoms with van der Waals surface area (Å²) in [7, 11) is -0.899. The van der Waals surface area contributed by atoms with E-state index < -0.39 is 7.92 Å². The second kappa shape index (κ2) is 8.44.